The largest absolute Gasteiger partial charge is 0.478 e. The van der Waals surface area contributed by atoms with Crippen molar-refractivity contribution in [3.8, 4) is 6.07 Å². The summed E-state index contributed by atoms with van der Waals surface area (Å²) >= 11 is 0. The number of rotatable bonds is 3. The molecular weight excluding hydrogens is 212 g/mol. The van der Waals surface area contributed by atoms with Crippen molar-refractivity contribution in [1.29, 1.82) is 5.26 Å². The molecule has 0 bridgehead atoms. The number of hydrogen-bond donors (Lipinski definition) is 4. The van der Waals surface area contributed by atoms with Gasteiger partial charge in [0.05, 0.1) is 11.6 Å². The lowest BCUT2D eigenvalue weighted by molar-refractivity contribution is 0.0532. The summed E-state index contributed by atoms with van der Waals surface area (Å²) in [6.07, 6.45) is -3.05. The minimum Gasteiger partial charge on any atom is -0.478 e. The first-order valence-electron chi connectivity index (χ1n) is 4.36. The Bertz CT molecular complexity index is 453. The van der Waals surface area contributed by atoms with Crippen LogP contribution in [0.4, 0.5) is 5.69 Å². The highest BCUT2D eigenvalue weighted by molar-refractivity contribution is 5.89. The van der Waals surface area contributed by atoms with E-state index in [1.165, 1.54) is 18.2 Å². The summed E-state index contributed by atoms with van der Waals surface area (Å²) < 4.78 is 0. The summed E-state index contributed by atoms with van der Waals surface area (Å²) in [6.45, 7) is 0. The van der Waals surface area contributed by atoms with Gasteiger partial charge in [0.1, 0.15) is 6.10 Å². The number of hydrogen-bond acceptors (Lipinski definition) is 5. The van der Waals surface area contributed by atoms with Crippen LogP contribution in [0.3, 0.4) is 0 Å². The second-order valence-corrected chi connectivity index (χ2v) is 3.17. The predicted molar refractivity (Wildman–Crippen MR) is 54.4 cm³/mol. The van der Waals surface area contributed by atoms with Gasteiger partial charge in [-0.25, -0.2) is 4.79 Å². The highest BCUT2D eigenvalue weighted by Gasteiger charge is 2.20. The fourth-order valence-electron chi connectivity index (χ4n) is 1.22. The van der Waals surface area contributed by atoms with Gasteiger partial charge in [-0.05, 0) is 12.1 Å². The zero-order valence-electron chi connectivity index (χ0n) is 8.16. The molecule has 0 saturated carbocycles. The van der Waals surface area contributed by atoms with E-state index >= 15 is 0 Å². The molecule has 5 N–H and O–H groups in total. The van der Waals surface area contributed by atoms with Crippen molar-refractivity contribution in [2.45, 2.75) is 12.2 Å². The Kier molecular flexibility index (Phi) is 3.45. The Morgan fingerprint density at radius 2 is 2.06 bits per heavy atom. The van der Waals surface area contributed by atoms with Crippen LogP contribution in [0.25, 0.3) is 0 Å². The van der Waals surface area contributed by atoms with E-state index in [0.29, 0.717) is 0 Å². The van der Waals surface area contributed by atoms with Crippen molar-refractivity contribution in [2.75, 3.05) is 5.73 Å². The van der Waals surface area contributed by atoms with E-state index in [9.17, 15) is 9.90 Å². The lowest BCUT2D eigenvalue weighted by Gasteiger charge is -2.14. The van der Waals surface area contributed by atoms with Gasteiger partial charge in [-0.2, -0.15) is 5.26 Å². The highest BCUT2D eigenvalue weighted by Crippen LogP contribution is 2.24. The number of nitrogens with zero attached hydrogens (tertiary/aromatic N) is 1. The maximum absolute atomic E-state index is 10.6. The van der Waals surface area contributed by atoms with Gasteiger partial charge in [0.15, 0.2) is 6.10 Å². The molecule has 0 aliphatic carbocycles. The molecule has 2 unspecified atom stereocenters. The van der Waals surface area contributed by atoms with E-state index in [2.05, 4.69) is 0 Å². The van der Waals surface area contributed by atoms with Crippen LogP contribution in [-0.4, -0.2) is 27.4 Å². The normalized spacial score (nSPS) is 13.8. The molecule has 0 aliphatic rings. The Hall–Kier alpha value is -2.10. The Balaban J connectivity index is 3.09. The molecule has 0 heterocycles. The molecule has 84 valence electrons. The zero-order valence-corrected chi connectivity index (χ0v) is 8.16. The number of anilines is 1. The zero-order chi connectivity index (χ0) is 12.3. The number of aliphatic hydroxyl groups excluding tert-OH is 2. The van der Waals surface area contributed by atoms with Gasteiger partial charge in [0, 0.05) is 11.3 Å². The number of carboxylic acid groups (broad SMARTS) is 1. The third-order valence-corrected chi connectivity index (χ3v) is 2.08. The highest BCUT2D eigenvalue weighted by atomic mass is 16.4. The molecule has 0 saturated heterocycles. The molecule has 0 aromatic heterocycles. The molecule has 0 aliphatic heterocycles. The number of aromatic carboxylic acids is 1. The average molecular weight is 222 g/mol. The summed E-state index contributed by atoms with van der Waals surface area (Å²) in [5.74, 6) is -1.14. The summed E-state index contributed by atoms with van der Waals surface area (Å²) in [7, 11) is 0. The van der Waals surface area contributed by atoms with Crippen LogP contribution in [0.2, 0.25) is 0 Å². The Morgan fingerprint density at radius 3 is 2.50 bits per heavy atom. The third-order valence-electron chi connectivity index (χ3n) is 2.08. The molecule has 0 spiro atoms. The van der Waals surface area contributed by atoms with E-state index in [1.807, 2.05) is 0 Å². The van der Waals surface area contributed by atoms with Gasteiger partial charge >= 0.3 is 5.97 Å². The van der Waals surface area contributed by atoms with Gasteiger partial charge in [-0.3, -0.25) is 0 Å². The van der Waals surface area contributed by atoms with Crippen molar-refractivity contribution in [1.82, 2.24) is 0 Å². The minimum atomic E-state index is -1.60. The quantitative estimate of drug-likeness (QED) is 0.417. The number of carboxylic acids is 1. The number of nitriles is 1. The molecule has 1 aromatic carbocycles. The van der Waals surface area contributed by atoms with Crippen LogP contribution in [0.1, 0.15) is 22.0 Å². The van der Waals surface area contributed by atoms with Crippen molar-refractivity contribution in [2.24, 2.45) is 0 Å². The first kappa shape index (κ1) is 12.0. The molecule has 16 heavy (non-hydrogen) atoms. The minimum absolute atomic E-state index is 0.0155. The van der Waals surface area contributed by atoms with E-state index in [1.54, 1.807) is 0 Å². The molecular formula is C10H10N2O4. The van der Waals surface area contributed by atoms with Crippen LogP contribution >= 0.6 is 0 Å². The van der Waals surface area contributed by atoms with Crippen LogP contribution in [0.5, 0.6) is 0 Å². The molecule has 2 atom stereocenters. The average Bonchev–Trinajstić information content (AvgIpc) is 2.26. The number of nitrogens with two attached hydrogens (primary N) is 1. The van der Waals surface area contributed by atoms with Gasteiger partial charge in [-0.1, -0.05) is 6.07 Å². The predicted octanol–water partition coefficient (Wildman–Crippen LogP) is -0.115. The molecule has 6 nitrogen and oxygen atoms in total. The molecule has 6 heteroatoms. The van der Waals surface area contributed by atoms with E-state index in [0.717, 1.165) is 6.07 Å². The molecule has 0 fully saturated rings. The fourth-order valence-corrected chi connectivity index (χ4v) is 1.22. The van der Waals surface area contributed by atoms with Crippen LogP contribution in [0, 0.1) is 11.3 Å². The second kappa shape index (κ2) is 4.61. The molecule has 1 aromatic rings. The SMILES string of the molecule is N#CC(O)C(O)c1ccc(C(=O)O)cc1N. The molecule has 0 radical (unpaired) electrons. The van der Waals surface area contributed by atoms with E-state index in [4.69, 9.17) is 21.2 Å². The van der Waals surface area contributed by atoms with E-state index < -0.39 is 18.2 Å². The number of nitrogen functional groups attached to an aromatic ring is 1. The van der Waals surface area contributed by atoms with Gasteiger partial charge < -0.3 is 21.1 Å². The van der Waals surface area contributed by atoms with Crippen molar-refractivity contribution < 1.29 is 20.1 Å². The molecule has 1 rings (SSSR count). The number of carbonyl (C=O) groups is 1. The number of benzene rings is 1. The van der Waals surface area contributed by atoms with Crippen LogP contribution < -0.4 is 5.73 Å². The monoisotopic (exact) mass is 222 g/mol. The van der Waals surface area contributed by atoms with Crippen molar-refractivity contribution >= 4 is 11.7 Å². The lowest BCUT2D eigenvalue weighted by Crippen LogP contribution is -2.17. The smallest absolute Gasteiger partial charge is 0.335 e. The number of aliphatic hydroxyl groups is 2. The van der Waals surface area contributed by atoms with Crippen LogP contribution in [-0.2, 0) is 0 Å². The fraction of sp³-hybridized carbons (Fsp3) is 0.200. The summed E-state index contributed by atoms with van der Waals surface area (Å²) in [5.41, 5.74) is 5.62. The van der Waals surface area contributed by atoms with Crippen LogP contribution in [0.15, 0.2) is 18.2 Å². The topological polar surface area (TPSA) is 128 Å². The van der Waals surface area contributed by atoms with Crippen molar-refractivity contribution in [3.05, 3.63) is 29.3 Å². The Morgan fingerprint density at radius 1 is 1.44 bits per heavy atom. The van der Waals surface area contributed by atoms with Gasteiger partial charge in [0.25, 0.3) is 0 Å². The third kappa shape index (κ3) is 2.28. The lowest BCUT2D eigenvalue weighted by atomic mass is 10.0. The van der Waals surface area contributed by atoms with Crippen molar-refractivity contribution in [3.63, 3.8) is 0 Å². The standard InChI is InChI=1S/C10H10N2O4/c11-4-8(13)9(14)6-2-1-5(10(15)16)3-7(6)12/h1-3,8-9,13-14H,12H2,(H,15,16). The van der Waals surface area contributed by atoms with Gasteiger partial charge in [0.2, 0.25) is 0 Å². The first-order valence-corrected chi connectivity index (χ1v) is 4.36. The first-order chi connectivity index (χ1) is 7.47. The Labute approximate surface area is 91.2 Å². The summed E-state index contributed by atoms with van der Waals surface area (Å²) in [4.78, 5) is 10.6. The summed E-state index contributed by atoms with van der Waals surface area (Å²) in [6, 6.07) is 5.12. The maximum Gasteiger partial charge on any atom is 0.335 e. The molecule has 0 amide bonds. The summed E-state index contributed by atoms with van der Waals surface area (Å²) in [5, 5.41) is 35.7. The van der Waals surface area contributed by atoms with E-state index in [-0.39, 0.29) is 16.8 Å². The van der Waals surface area contributed by atoms with Gasteiger partial charge in [-0.15, -0.1) is 0 Å². The maximum atomic E-state index is 10.6. The second-order valence-electron chi connectivity index (χ2n) is 3.17.